The van der Waals surface area contributed by atoms with Crippen LogP contribution < -0.4 is 5.32 Å². The predicted octanol–water partition coefficient (Wildman–Crippen LogP) is 5.44. The number of aryl methyl sites for hydroxylation is 1. The summed E-state index contributed by atoms with van der Waals surface area (Å²) in [4.78, 5) is 12.8. The van der Waals surface area contributed by atoms with Gasteiger partial charge >= 0.3 is 0 Å². The zero-order chi connectivity index (χ0) is 21.1. The summed E-state index contributed by atoms with van der Waals surface area (Å²) < 4.78 is 28.9. The highest BCUT2D eigenvalue weighted by Crippen LogP contribution is 2.21. The van der Waals surface area contributed by atoms with Crippen molar-refractivity contribution in [2.75, 3.05) is 5.32 Å². The Bertz CT molecular complexity index is 1190. The summed E-state index contributed by atoms with van der Waals surface area (Å²) in [5, 5.41) is 7.03. The van der Waals surface area contributed by atoms with Gasteiger partial charge in [0.1, 0.15) is 17.5 Å². The van der Waals surface area contributed by atoms with Crippen LogP contribution in [-0.4, -0.2) is 15.7 Å². The van der Waals surface area contributed by atoms with Gasteiger partial charge in [-0.15, -0.1) is 0 Å². The number of benzene rings is 3. The number of nitrogens with one attached hydrogen (secondary N) is 1. The number of amides is 1. The molecule has 0 unspecified atom stereocenters. The number of hydrogen-bond donors (Lipinski definition) is 1. The molecule has 0 bridgehead atoms. The average molecular weight is 403 g/mol. The van der Waals surface area contributed by atoms with E-state index in [-0.39, 0.29) is 18.0 Å². The summed E-state index contributed by atoms with van der Waals surface area (Å²) in [6.45, 7) is 1.79. The molecule has 4 aromatic rings. The standard InChI is InChI=1S/C24H19F2N3O/c1-16-14-27-29(15-20-13-21(25)11-12-22(20)26)23(16)28-24(30)19-9-7-18(8-10-19)17-5-3-2-4-6-17/h2-14H,15H2,1H3,(H,28,30). The van der Waals surface area contributed by atoms with Crippen molar-refractivity contribution in [3.63, 3.8) is 0 Å². The van der Waals surface area contributed by atoms with Crippen LogP contribution in [0.25, 0.3) is 11.1 Å². The Morgan fingerprint density at radius 1 is 0.967 bits per heavy atom. The molecule has 1 N–H and O–H groups in total. The molecule has 0 atom stereocenters. The molecule has 1 heterocycles. The number of halogens is 2. The van der Waals surface area contributed by atoms with Crippen LogP contribution in [-0.2, 0) is 6.54 Å². The molecule has 6 heteroatoms. The maximum Gasteiger partial charge on any atom is 0.256 e. The van der Waals surface area contributed by atoms with E-state index in [2.05, 4.69) is 10.4 Å². The van der Waals surface area contributed by atoms with Gasteiger partial charge < -0.3 is 5.32 Å². The van der Waals surface area contributed by atoms with Crippen LogP contribution in [0.4, 0.5) is 14.6 Å². The molecule has 0 saturated carbocycles. The van der Waals surface area contributed by atoms with Crippen molar-refractivity contribution in [3.8, 4) is 11.1 Å². The van der Waals surface area contributed by atoms with Gasteiger partial charge in [0.05, 0.1) is 12.7 Å². The van der Waals surface area contributed by atoms with E-state index in [0.29, 0.717) is 11.4 Å². The number of carbonyl (C=O) groups excluding carboxylic acids is 1. The summed E-state index contributed by atoms with van der Waals surface area (Å²) in [7, 11) is 0. The molecule has 0 radical (unpaired) electrons. The molecule has 30 heavy (non-hydrogen) atoms. The van der Waals surface area contributed by atoms with E-state index in [1.54, 1.807) is 25.3 Å². The number of hydrogen-bond acceptors (Lipinski definition) is 2. The van der Waals surface area contributed by atoms with Crippen molar-refractivity contribution < 1.29 is 13.6 Å². The summed E-state index contributed by atoms with van der Waals surface area (Å²) in [5.41, 5.74) is 3.44. The molecule has 0 spiro atoms. The van der Waals surface area contributed by atoms with Crippen LogP contribution in [0.15, 0.2) is 79.0 Å². The second-order valence-electron chi connectivity index (χ2n) is 6.97. The minimum absolute atomic E-state index is 0.00000826. The Morgan fingerprint density at radius 2 is 1.67 bits per heavy atom. The van der Waals surface area contributed by atoms with Crippen LogP contribution >= 0.6 is 0 Å². The maximum atomic E-state index is 14.0. The third kappa shape index (κ3) is 4.12. The normalized spacial score (nSPS) is 10.8. The highest BCUT2D eigenvalue weighted by atomic mass is 19.1. The molecule has 0 saturated heterocycles. The summed E-state index contributed by atoms with van der Waals surface area (Å²) in [5.74, 6) is -0.923. The fourth-order valence-electron chi connectivity index (χ4n) is 3.21. The quantitative estimate of drug-likeness (QED) is 0.483. The van der Waals surface area contributed by atoms with E-state index < -0.39 is 11.6 Å². The van der Waals surface area contributed by atoms with Gasteiger partial charge in [-0.1, -0.05) is 42.5 Å². The van der Waals surface area contributed by atoms with E-state index in [0.717, 1.165) is 34.9 Å². The van der Waals surface area contributed by atoms with E-state index >= 15 is 0 Å². The summed E-state index contributed by atoms with van der Waals surface area (Å²) in [6.07, 6.45) is 1.57. The van der Waals surface area contributed by atoms with Gasteiger partial charge in [-0.05, 0) is 48.4 Å². The molecule has 0 aliphatic heterocycles. The SMILES string of the molecule is Cc1cnn(Cc2cc(F)ccc2F)c1NC(=O)c1ccc(-c2ccccc2)cc1. The third-order valence-electron chi connectivity index (χ3n) is 4.84. The number of rotatable bonds is 5. The first-order chi connectivity index (χ1) is 14.5. The molecule has 0 aliphatic carbocycles. The van der Waals surface area contributed by atoms with Gasteiger partial charge in [0.25, 0.3) is 5.91 Å². The Hall–Kier alpha value is -3.80. The zero-order valence-corrected chi connectivity index (χ0v) is 16.3. The number of anilines is 1. The molecular weight excluding hydrogens is 384 g/mol. The molecule has 1 amide bonds. The van der Waals surface area contributed by atoms with E-state index in [1.807, 2.05) is 42.5 Å². The van der Waals surface area contributed by atoms with Crippen molar-refractivity contribution >= 4 is 11.7 Å². The Kier molecular flexibility index (Phi) is 5.39. The van der Waals surface area contributed by atoms with Crippen molar-refractivity contribution in [3.05, 3.63) is 107 Å². The Labute approximate surface area is 172 Å². The second-order valence-corrected chi connectivity index (χ2v) is 6.97. The molecule has 0 aliphatic rings. The number of carbonyl (C=O) groups is 1. The molecule has 4 rings (SSSR count). The van der Waals surface area contributed by atoms with Gasteiger partial charge in [0.15, 0.2) is 0 Å². The molecule has 4 nitrogen and oxygen atoms in total. The fourth-order valence-corrected chi connectivity index (χ4v) is 3.21. The van der Waals surface area contributed by atoms with Gasteiger partial charge in [-0.3, -0.25) is 4.79 Å². The van der Waals surface area contributed by atoms with Gasteiger partial charge in [0, 0.05) is 16.7 Å². The molecule has 3 aromatic carbocycles. The van der Waals surface area contributed by atoms with Crippen LogP contribution in [0.3, 0.4) is 0 Å². The van der Waals surface area contributed by atoms with Gasteiger partial charge in [0.2, 0.25) is 0 Å². The molecule has 1 aromatic heterocycles. The minimum Gasteiger partial charge on any atom is -0.307 e. The van der Waals surface area contributed by atoms with Crippen LogP contribution in [0.1, 0.15) is 21.5 Å². The lowest BCUT2D eigenvalue weighted by molar-refractivity contribution is 0.102. The van der Waals surface area contributed by atoms with Crippen molar-refractivity contribution in [2.24, 2.45) is 0 Å². The lowest BCUT2D eigenvalue weighted by Crippen LogP contribution is -2.17. The lowest BCUT2D eigenvalue weighted by atomic mass is 10.0. The van der Waals surface area contributed by atoms with E-state index in [1.165, 1.54) is 4.68 Å². The zero-order valence-electron chi connectivity index (χ0n) is 16.3. The lowest BCUT2D eigenvalue weighted by Gasteiger charge is -2.11. The highest BCUT2D eigenvalue weighted by Gasteiger charge is 2.15. The number of nitrogens with zero attached hydrogens (tertiary/aromatic N) is 2. The molecule has 150 valence electrons. The van der Waals surface area contributed by atoms with Gasteiger partial charge in [-0.2, -0.15) is 5.10 Å². The smallest absolute Gasteiger partial charge is 0.256 e. The first-order valence-corrected chi connectivity index (χ1v) is 9.44. The summed E-state index contributed by atoms with van der Waals surface area (Å²) >= 11 is 0. The van der Waals surface area contributed by atoms with Crippen molar-refractivity contribution in [2.45, 2.75) is 13.5 Å². The molecule has 0 fully saturated rings. The van der Waals surface area contributed by atoms with Crippen molar-refractivity contribution in [1.82, 2.24) is 9.78 Å². The van der Waals surface area contributed by atoms with Crippen LogP contribution in [0, 0.1) is 18.6 Å². The minimum atomic E-state index is -0.529. The second kappa shape index (κ2) is 8.29. The maximum absolute atomic E-state index is 14.0. The monoisotopic (exact) mass is 403 g/mol. The average Bonchev–Trinajstić information content (AvgIpc) is 3.10. The first-order valence-electron chi connectivity index (χ1n) is 9.44. The topological polar surface area (TPSA) is 46.9 Å². The van der Waals surface area contributed by atoms with Crippen LogP contribution in [0.2, 0.25) is 0 Å². The Morgan fingerprint density at radius 3 is 2.40 bits per heavy atom. The highest BCUT2D eigenvalue weighted by molar-refractivity contribution is 6.04. The van der Waals surface area contributed by atoms with Crippen molar-refractivity contribution in [1.29, 1.82) is 0 Å². The van der Waals surface area contributed by atoms with Crippen LogP contribution in [0.5, 0.6) is 0 Å². The first kappa shape index (κ1) is 19.5. The number of aromatic nitrogens is 2. The van der Waals surface area contributed by atoms with Gasteiger partial charge in [-0.25, -0.2) is 13.5 Å². The van der Waals surface area contributed by atoms with E-state index in [4.69, 9.17) is 0 Å². The fraction of sp³-hybridized carbons (Fsp3) is 0.0833. The van der Waals surface area contributed by atoms with E-state index in [9.17, 15) is 13.6 Å². The Balaban J connectivity index is 1.54. The molecular formula is C24H19F2N3O. The third-order valence-corrected chi connectivity index (χ3v) is 4.84. The predicted molar refractivity (Wildman–Crippen MR) is 112 cm³/mol. The summed E-state index contributed by atoms with van der Waals surface area (Å²) in [6, 6.07) is 20.4. The largest absolute Gasteiger partial charge is 0.307 e.